The van der Waals surface area contributed by atoms with Crippen LogP contribution in [-0.4, -0.2) is 59.5 Å². The molecule has 1 aromatic rings. The average Bonchev–Trinajstić information content (AvgIpc) is 2.46. The van der Waals surface area contributed by atoms with Gasteiger partial charge in [-0.1, -0.05) is 0 Å². The van der Waals surface area contributed by atoms with Gasteiger partial charge in [-0.25, -0.2) is 9.97 Å². The standard InChI is InChI=1S/C13H21N5O/c1-10(2)17-7-8-18(11(9-17)12(19)14-3)13-15-5-4-6-16-13/h4-6,10-11H,7-9H2,1-3H3,(H,14,19)/t11-/m1/s1. The molecule has 2 rings (SSSR count). The lowest BCUT2D eigenvalue weighted by Crippen LogP contribution is -2.60. The monoisotopic (exact) mass is 263 g/mol. The quantitative estimate of drug-likeness (QED) is 0.839. The zero-order chi connectivity index (χ0) is 13.8. The van der Waals surface area contributed by atoms with Crippen LogP contribution in [0.3, 0.4) is 0 Å². The van der Waals surface area contributed by atoms with Crippen molar-refractivity contribution < 1.29 is 4.79 Å². The van der Waals surface area contributed by atoms with E-state index in [2.05, 4.69) is 34.0 Å². The molecule has 6 heteroatoms. The molecule has 104 valence electrons. The van der Waals surface area contributed by atoms with E-state index in [1.807, 2.05) is 4.90 Å². The molecule has 1 aliphatic rings. The van der Waals surface area contributed by atoms with E-state index in [1.165, 1.54) is 0 Å². The van der Waals surface area contributed by atoms with E-state index in [-0.39, 0.29) is 11.9 Å². The lowest BCUT2D eigenvalue weighted by Gasteiger charge is -2.41. The average molecular weight is 263 g/mol. The normalized spacial score (nSPS) is 20.6. The molecule has 0 radical (unpaired) electrons. The molecular formula is C13H21N5O. The molecule has 1 amide bonds. The Labute approximate surface area is 113 Å². The van der Waals surface area contributed by atoms with Gasteiger partial charge in [-0.3, -0.25) is 9.69 Å². The third kappa shape index (κ3) is 3.01. The lowest BCUT2D eigenvalue weighted by atomic mass is 10.1. The summed E-state index contributed by atoms with van der Waals surface area (Å²) in [6.45, 7) is 6.68. The number of piperazine rings is 1. The van der Waals surface area contributed by atoms with Crippen LogP contribution >= 0.6 is 0 Å². The zero-order valence-corrected chi connectivity index (χ0v) is 11.7. The molecule has 1 aromatic heterocycles. The van der Waals surface area contributed by atoms with Gasteiger partial charge in [0.25, 0.3) is 0 Å². The molecule has 0 unspecified atom stereocenters. The van der Waals surface area contributed by atoms with Crippen molar-refractivity contribution in [2.45, 2.75) is 25.9 Å². The Morgan fingerprint density at radius 1 is 1.37 bits per heavy atom. The number of hydrogen-bond donors (Lipinski definition) is 1. The minimum atomic E-state index is -0.233. The molecule has 0 aliphatic carbocycles. The van der Waals surface area contributed by atoms with Gasteiger partial charge in [0.2, 0.25) is 11.9 Å². The fourth-order valence-corrected chi connectivity index (χ4v) is 2.34. The minimum absolute atomic E-state index is 0.0119. The molecule has 0 spiro atoms. The van der Waals surface area contributed by atoms with Crippen LogP contribution in [0.5, 0.6) is 0 Å². The number of aromatic nitrogens is 2. The van der Waals surface area contributed by atoms with Crippen LogP contribution in [0.2, 0.25) is 0 Å². The van der Waals surface area contributed by atoms with Crippen LogP contribution in [0.4, 0.5) is 5.95 Å². The van der Waals surface area contributed by atoms with Gasteiger partial charge in [0.15, 0.2) is 0 Å². The fraction of sp³-hybridized carbons (Fsp3) is 0.615. The number of likely N-dealkylation sites (N-methyl/N-ethyl adjacent to an activating group) is 1. The minimum Gasteiger partial charge on any atom is -0.357 e. The molecule has 1 fully saturated rings. The second kappa shape index (κ2) is 5.97. The van der Waals surface area contributed by atoms with Crippen LogP contribution in [0, 0.1) is 0 Å². The Balaban J connectivity index is 2.20. The molecule has 19 heavy (non-hydrogen) atoms. The Kier molecular flexibility index (Phi) is 4.31. The maximum absolute atomic E-state index is 12.1. The van der Waals surface area contributed by atoms with Crippen molar-refractivity contribution >= 4 is 11.9 Å². The van der Waals surface area contributed by atoms with E-state index >= 15 is 0 Å². The summed E-state index contributed by atoms with van der Waals surface area (Å²) in [4.78, 5) is 24.9. The maximum atomic E-state index is 12.1. The van der Waals surface area contributed by atoms with Gasteiger partial charge in [0.1, 0.15) is 6.04 Å². The maximum Gasteiger partial charge on any atom is 0.243 e. The number of rotatable bonds is 3. The van der Waals surface area contributed by atoms with Crippen molar-refractivity contribution in [2.75, 3.05) is 31.6 Å². The Hall–Kier alpha value is -1.69. The molecule has 1 N–H and O–H groups in total. The SMILES string of the molecule is CNC(=O)[C@H]1CN(C(C)C)CCN1c1ncccn1. The van der Waals surface area contributed by atoms with E-state index < -0.39 is 0 Å². The number of nitrogens with zero attached hydrogens (tertiary/aromatic N) is 4. The molecule has 1 aliphatic heterocycles. The predicted molar refractivity (Wildman–Crippen MR) is 73.9 cm³/mol. The molecule has 1 saturated heterocycles. The molecular weight excluding hydrogens is 242 g/mol. The summed E-state index contributed by atoms with van der Waals surface area (Å²) in [5.74, 6) is 0.636. The van der Waals surface area contributed by atoms with Crippen molar-refractivity contribution in [2.24, 2.45) is 0 Å². The molecule has 0 aromatic carbocycles. The highest BCUT2D eigenvalue weighted by molar-refractivity contribution is 5.85. The number of anilines is 1. The van der Waals surface area contributed by atoms with Gasteiger partial charge in [-0.15, -0.1) is 0 Å². The molecule has 6 nitrogen and oxygen atoms in total. The second-order valence-electron chi connectivity index (χ2n) is 4.96. The summed E-state index contributed by atoms with van der Waals surface area (Å²) >= 11 is 0. The van der Waals surface area contributed by atoms with Crippen LogP contribution in [0.1, 0.15) is 13.8 Å². The summed E-state index contributed by atoms with van der Waals surface area (Å²) in [5.41, 5.74) is 0. The molecule has 1 atom stereocenters. The molecule has 2 heterocycles. The van der Waals surface area contributed by atoms with Gasteiger partial charge < -0.3 is 10.2 Å². The van der Waals surface area contributed by atoms with Gasteiger partial charge in [-0.05, 0) is 19.9 Å². The summed E-state index contributed by atoms with van der Waals surface area (Å²) < 4.78 is 0. The van der Waals surface area contributed by atoms with E-state index in [1.54, 1.807) is 25.5 Å². The Morgan fingerprint density at radius 2 is 2.05 bits per heavy atom. The summed E-state index contributed by atoms with van der Waals surface area (Å²) in [5, 5.41) is 2.73. The number of amides is 1. The third-order valence-corrected chi connectivity index (χ3v) is 3.50. The zero-order valence-electron chi connectivity index (χ0n) is 11.7. The first-order valence-electron chi connectivity index (χ1n) is 6.62. The molecule has 0 saturated carbocycles. The van der Waals surface area contributed by atoms with Crippen molar-refractivity contribution in [3.8, 4) is 0 Å². The van der Waals surface area contributed by atoms with Crippen molar-refractivity contribution in [1.29, 1.82) is 0 Å². The van der Waals surface area contributed by atoms with Crippen LogP contribution < -0.4 is 10.2 Å². The van der Waals surface area contributed by atoms with Crippen LogP contribution in [-0.2, 0) is 4.79 Å². The summed E-state index contributed by atoms with van der Waals surface area (Å²) in [6.07, 6.45) is 3.41. The van der Waals surface area contributed by atoms with Gasteiger partial charge >= 0.3 is 0 Å². The van der Waals surface area contributed by atoms with Crippen molar-refractivity contribution in [3.05, 3.63) is 18.5 Å². The van der Waals surface area contributed by atoms with E-state index in [4.69, 9.17) is 0 Å². The van der Waals surface area contributed by atoms with Crippen molar-refractivity contribution in [3.63, 3.8) is 0 Å². The number of hydrogen-bond acceptors (Lipinski definition) is 5. The smallest absolute Gasteiger partial charge is 0.243 e. The summed E-state index contributed by atoms with van der Waals surface area (Å²) in [7, 11) is 1.67. The van der Waals surface area contributed by atoms with E-state index in [9.17, 15) is 4.79 Å². The van der Waals surface area contributed by atoms with Crippen LogP contribution in [0.25, 0.3) is 0 Å². The number of carbonyl (C=O) groups excluding carboxylic acids is 1. The number of nitrogens with one attached hydrogen (secondary N) is 1. The topological polar surface area (TPSA) is 61.4 Å². The predicted octanol–water partition coefficient (Wildman–Crippen LogP) is 0.122. The lowest BCUT2D eigenvalue weighted by molar-refractivity contribution is -0.123. The first kappa shape index (κ1) is 13.7. The van der Waals surface area contributed by atoms with Crippen LogP contribution in [0.15, 0.2) is 18.5 Å². The third-order valence-electron chi connectivity index (χ3n) is 3.50. The first-order chi connectivity index (χ1) is 9.13. The van der Waals surface area contributed by atoms with Gasteiger partial charge in [0, 0.05) is 45.1 Å². The second-order valence-corrected chi connectivity index (χ2v) is 4.96. The highest BCUT2D eigenvalue weighted by Gasteiger charge is 2.34. The highest BCUT2D eigenvalue weighted by Crippen LogP contribution is 2.17. The number of carbonyl (C=O) groups is 1. The fourth-order valence-electron chi connectivity index (χ4n) is 2.34. The Morgan fingerprint density at radius 3 is 2.63 bits per heavy atom. The van der Waals surface area contributed by atoms with E-state index in [0.29, 0.717) is 18.5 Å². The van der Waals surface area contributed by atoms with E-state index in [0.717, 1.165) is 13.1 Å². The first-order valence-corrected chi connectivity index (χ1v) is 6.62. The van der Waals surface area contributed by atoms with Gasteiger partial charge in [0.05, 0.1) is 0 Å². The highest BCUT2D eigenvalue weighted by atomic mass is 16.2. The van der Waals surface area contributed by atoms with Gasteiger partial charge in [-0.2, -0.15) is 0 Å². The Bertz CT molecular complexity index is 422. The van der Waals surface area contributed by atoms with Crippen molar-refractivity contribution in [1.82, 2.24) is 20.2 Å². The largest absolute Gasteiger partial charge is 0.357 e. The summed E-state index contributed by atoms with van der Waals surface area (Å²) in [6, 6.07) is 1.98. The molecule has 0 bridgehead atoms.